The van der Waals surface area contributed by atoms with E-state index >= 15 is 0 Å². The van der Waals surface area contributed by atoms with Crippen molar-refractivity contribution in [1.82, 2.24) is 39.7 Å². The van der Waals surface area contributed by atoms with Crippen molar-refractivity contribution in [3.8, 4) is 29.4 Å². The zero-order valence-electron chi connectivity index (χ0n) is 19.2. The van der Waals surface area contributed by atoms with Crippen LogP contribution in [0.15, 0.2) is 55.8 Å². The van der Waals surface area contributed by atoms with Gasteiger partial charge in [-0.3, -0.25) is 5.10 Å². The molecule has 0 aliphatic carbocycles. The van der Waals surface area contributed by atoms with Gasteiger partial charge in [0.05, 0.1) is 12.5 Å². The Bertz CT molecular complexity index is 1430. The van der Waals surface area contributed by atoms with E-state index in [4.69, 9.17) is 25.6 Å². The largest absolute Gasteiger partial charge is 0.461 e. The number of nitrogens with two attached hydrogens (primary N) is 2. The van der Waals surface area contributed by atoms with Gasteiger partial charge in [0.2, 0.25) is 23.9 Å². The van der Waals surface area contributed by atoms with E-state index in [1.165, 1.54) is 39.8 Å². The first-order valence-electron chi connectivity index (χ1n) is 9.73. The molecule has 0 aromatic carbocycles. The van der Waals surface area contributed by atoms with Crippen molar-refractivity contribution in [3.63, 3.8) is 0 Å². The molecule has 14 nitrogen and oxygen atoms in total. The maximum Gasteiger partial charge on any atom is 0.258 e. The molecule has 36 heavy (non-hydrogen) atoms. The van der Waals surface area contributed by atoms with Crippen LogP contribution in [0, 0.1) is 11.5 Å². The van der Waals surface area contributed by atoms with Gasteiger partial charge in [-0.2, -0.15) is 34.7 Å². The number of aliphatic imine (C=N–C) groups is 1. The Labute approximate surface area is 217 Å². The van der Waals surface area contributed by atoms with Crippen molar-refractivity contribution in [3.05, 3.63) is 36.8 Å². The number of aromatic amines is 1. The molecular weight excluding hydrogens is 524 g/mol. The molecule has 17 heteroatoms. The van der Waals surface area contributed by atoms with E-state index in [9.17, 15) is 0 Å². The van der Waals surface area contributed by atoms with Crippen LogP contribution in [0.25, 0.3) is 28.9 Å². The van der Waals surface area contributed by atoms with Crippen molar-refractivity contribution < 1.29 is 8.83 Å². The summed E-state index contributed by atoms with van der Waals surface area (Å²) in [6.07, 6.45) is 10.5. The second-order valence-corrected chi connectivity index (χ2v) is 8.72. The highest BCUT2D eigenvalue weighted by atomic mass is 32.2. The molecule has 5 heterocycles. The van der Waals surface area contributed by atoms with Crippen LogP contribution in [0.1, 0.15) is 0 Å². The summed E-state index contributed by atoms with van der Waals surface area (Å²) in [6.45, 7) is 0. The highest BCUT2D eigenvalue weighted by Crippen LogP contribution is 2.18. The quantitative estimate of drug-likeness (QED) is 0.129. The zero-order chi connectivity index (χ0) is 25.9. The lowest BCUT2D eigenvalue weighted by molar-refractivity contribution is 0.577. The van der Waals surface area contributed by atoms with Crippen LogP contribution in [0.3, 0.4) is 0 Å². The molecule has 5 N–H and O–H groups in total. The fraction of sp³-hybridized carbons (Fsp3) is 0.158. The summed E-state index contributed by atoms with van der Waals surface area (Å²) < 4.78 is 12.5. The second-order valence-electron chi connectivity index (χ2n) is 6.10. The maximum atomic E-state index is 8.03. The van der Waals surface area contributed by atoms with Crippen LogP contribution in [0.5, 0.6) is 0 Å². The van der Waals surface area contributed by atoms with Crippen molar-refractivity contribution in [1.29, 1.82) is 5.26 Å². The van der Waals surface area contributed by atoms with E-state index in [1.807, 2.05) is 18.8 Å². The number of thioether (sulfide) groups is 3. The average Bonchev–Trinajstić information content (AvgIpc) is 3.69. The predicted octanol–water partition coefficient (Wildman–Crippen LogP) is 3.28. The lowest BCUT2D eigenvalue weighted by Gasteiger charge is -1.97. The van der Waals surface area contributed by atoms with E-state index in [0.29, 0.717) is 34.1 Å². The highest BCUT2D eigenvalue weighted by molar-refractivity contribution is 8.38. The number of hydrogen-bond donors (Lipinski definition) is 3. The number of nitrogen functional groups attached to an aromatic ring is 2. The SMILES string of the molecule is CSC(=NC#N)SC.CSc1nc(N)n2nc(-c3ccco3)nc2n1.Nc1n[nH]c(-c2ccco2)n1. The van der Waals surface area contributed by atoms with Crippen LogP contribution in [0.4, 0.5) is 11.9 Å². The molecule has 5 aromatic rings. The number of nitriles is 1. The Kier molecular flexibility index (Phi) is 9.73. The third-order valence-electron chi connectivity index (χ3n) is 3.88. The van der Waals surface area contributed by atoms with Gasteiger partial charge in [-0.05, 0) is 43.0 Å². The first-order chi connectivity index (χ1) is 17.5. The van der Waals surface area contributed by atoms with Crippen LogP contribution in [0.2, 0.25) is 0 Å². The Balaban J connectivity index is 0.000000164. The number of H-pyrrole nitrogens is 1. The van der Waals surface area contributed by atoms with Gasteiger partial charge in [-0.25, -0.2) is 0 Å². The van der Waals surface area contributed by atoms with E-state index in [0.717, 1.165) is 4.38 Å². The Hall–Kier alpha value is -4.01. The van der Waals surface area contributed by atoms with E-state index in [-0.39, 0.29) is 11.9 Å². The molecule has 0 bridgehead atoms. The molecule has 186 valence electrons. The highest BCUT2D eigenvalue weighted by Gasteiger charge is 2.13. The molecule has 0 fully saturated rings. The van der Waals surface area contributed by atoms with Gasteiger partial charge < -0.3 is 20.3 Å². The van der Waals surface area contributed by atoms with Crippen molar-refractivity contribution >= 4 is 57.3 Å². The number of rotatable bonds is 3. The molecule has 0 aliphatic heterocycles. The Morgan fingerprint density at radius 1 is 1.03 bits per heavy atom. The smallest absolute Gasteiger partial charge is 0.258 e. The first kappa shape index (κ1) is 26.6. The summed E-state index contributed by atoms with van der Waals surface area (Å²) in [6, 6.07) is 7.09. The van der Waals surface area contributed by atoms with Gasteiger partial charge in [0, 0.05) is 0 Å². The summed E-state index contributed by atoms with van der Waals surface area (Å²) >= 11 is 4.37. The average molecular weight is 545 g/mol. The van der Waals surface area contributed by atoms with Crippen molar-refractivity contribution in [2.24, 2.45) is 4.99 Å². The zero-order valence-corrected chi connectivity index (χ0v) is 21.6. The number of fused-ring (bicyclic) bond motifs is 1. The number of nitrogens with zero attached hydrogens (tertiary/aromatic N) is 9. The van der Waals surface area contributed by atoms with Gasteiger partial charge in [0.1, 0.15) is 4.38 Å². The number of anilines is 2. The fourth-order valence-corrected chi connectivity index (χ4v) is 3.69. The molecule has 0 saturated heterocycles. The van der Waals surface area contributed by atoms with Crippen molar-refractivity contribution in [2.45, 2.75) is 5.16 Å². The van der Waals surface area contributed by atoms with Gasteiger partial charge in [0.25, 0.3) is 5.78 Å². The van der Waals surface area contributed by atoms with Crippen LogP contribution >= 0.6 is 35.3 Å². The third kappa shape index (κ3) is 7.00. The summed E-state index contributed by atoms with van der Waals surface area (Å²) in [5.74, 6) is 3.07. The van der Waals surface area contributed by atoms with Gasteiger partial charge >= 0.3 is 0 Å². The van der Waals surface area contributed by atoms with Crippen molar-refractivity contribution in [2.75, 3.05) is 30.2 Å². The minimum atomic E-state index is 0.219. The van der Waals surface area contributed by atoms with Gasteiger partial charge in [-0.1, -0.05) is 11.8 Å². The van der Waals surface area contributed by atoms with Gasteiger partial charge in [-0.15, -0.1) is 33.7 Å². The molecule has 0 aliphatic rings. The predicted molar refractivity (Wildman–Crippen MR) is 141 cm³/mol. The summed E-state index contributed by atoms with van der Waals surface area (Å²) in [7, 11) is 0. The lowest BCUT2D eigenvalue weighted by Crippen LogP contribution is -2.04. The van der Waals surface area contributed by atoms with Crippen LogP contribution < -0.4 is 11.5 Å². The van der Waals surface area contributed by atoms with Crippen LogP contribution in [-0.2, 0) is 0 Å². The van der Waals surface area contributed by atoms with E-state index in [2.05, 4.69) is 40.2 Å². The van der Waals surface area contributed by atoms with E-state index in [1.54, 1.807) is 43.0 Å². The molecule has 5 rings (SSSR count). The number of aromatic nitrogens is 8. The first-order valence-corrected chi connectivity index (χ1v) is 13.4. The Morgan fingerprint density at radius 3 is 2.22 bits per heavy atom. The minimum Gasteiger partial charge on any atom is -0.461 e. The number of nitrogens with one attached hydrogen (secondary N) is 1. The molecule has 0 saturated carbocycles. The third-order valence-corrected chi connectivity index (χ3v) is 6.31. The summed E-state index contributed by atoms with van der Waals surface area (Å²) in [5, 5.41) is 19.1. The van der Waals surface area contributed by atoms with Gasteiger partial charge in [0.15, 0.2) is 22.5 Å². The molecule has 0 atom stereocenters. The topological polar surface area (TPSA) is 212 Å². The maximum absolute atomic E-state index is 8.03. The molecule has 0 unspecified atom stereocenters. The lowest BCUT2D eigenvalue weighted by atomic mass is 10.4. The van der Waals surface area contributed by atoms with Crippen LogP contribution in [-0.4, -0.2) is 62.9 Å². The van der Waals surface area contributed by atoms with E-state index < -0.39 is 0 Å². The molecular formula is C19H20N12O2S3. The molecule has 0 spiro atoms. The standard InChI is InChI=1S/C9H8N6OS.C6H6N4O.C4H6N2S2/c1-17-9-12-7(10)15-8(13-9)11-6(14-15)5-3-2-4-16-5;7-6-8-5(9-10-6)4-2-1-3-11-4;1-7-4(8-2)6-3-5/h2-4H,1H3,(H2,10,11,12,13,14);1-3H,(H3,7,8,9,10);1-2H3. The number of hydrogen-bond acceptors (Lipinski definition) is 15. The molecule has 5 aromatic heterocycles. The molecule has 0 radical (unpaired) electrons. The summed E-state index contributed by atoms with van der Waals surface area (Å²) in [4.78, 5) is 19.9. The molecule has 0 amide bonds. The normalized spacial score (nSPS) is 10.1. The Morgan fingerprint density at radius 2 is 1.72 bits per heavy atom. The summed E-state index contributed by atoms with van der Waals surface area (Å²) in [5.41, 5.74) is 11.1. The second kappa shape index (κ2) is 13.2. The fourth-order valence-electron chi connectivity index (χ4n) is 2.40. The monoisotopic (exact) mass is 544 g/mol. The number of furan rings is 2. The minimum absolute atomic E-state index is 0.219.